The standard InChI is InChI=1S/C19H24F3N3O2/c20-19(21,22)15-3-1-8-23-16(15)24-9-2-6-18(13-24)7-10-25(17(18)26)14-4-11-27-12-5-14/h1,3,8,14H,2,4-7,9-13H2/t18-/m0/s1. The fraction of sp³-hybridized carbons (Fsp3) is 0.684. The molecule has 5 nitrogen and oxygen atoms in total. The number of piperidine rings is 1. The van der Waals surface area contributed by atoms with Crippen molar-refractivity contribution in [3.8, 4) is 0 Å². The molecule has 1 aromatic rings. The van der Waals surface area contributed by atoms with Crippen LogP contribution in [0.2, 0.25) is 0 Å². The summed E-state index contributed by atoms with van der Waals surface area (Å²) in [5, 5.41) is 0. The lowest BCUT2D eigenvalue weighted by Gasteiger charge is -2.41. The number of anilines is 1. The Morgan fingerprint density at radius 3 is 2.70 bits per heavy atom. The number of halogens is 3. The second kappa shape index (κ2) is 6.96. The van der Waals surface area contributed by atoms with Crippen molar-refractivity contribution in [2.75, 3.05) is 37.7 Å². The SMILES string of the molecule is O=C1N(C2CCOCC2)CC[C@]12CCCN(c1ncccc1C(F)(F)F)C2. The van der Waals surface area contributed by atoms with E-state index in [0.29, 0.717) is 45.7 Å². The number of carbonyl (C=O) groups excluding carboxylic acids is 1. The minimum Gasteiger partial charge on any atom is -0.381 e. The Bertz CT molecular complexity index is 706. The molecule has 4 heterocycles. The Morgan fingerprint density at radius 2 is 1.96 bits per heavy atom. The third kappa shape index (κ3) is 3.39. The molecule has 0 radical (unpaired) electrons. The summed E-state index contributed by atoms with van der Waals surface area (Å²) in [7, 11) is 0. The van der Waals surface area contributed by atoms with Crippen molar-refractivity contribution in [3.05, 3.63) is 23.9 Å². The van der Waals surface area contributed by atoms with Gasteiger partial charge < -0.3 is 14.5 Å². The third-order valence-electron chi connectivity index (χ3n) is 6.15. The van der Waals surface area contributed by atoms with Gasteiger partial charge in [-0.3, -0.25) is 4.79 Å². The average molecular weight is 383 g/mol. The van der Waals surface area contributed by atoms with E-state index in [1.165, 1.54) is 12.3 Å². The zero-order valence-electron chi connectivity index (χ0n) is 15.2. The molecule has 0 saturated carbocycles. The Balaban J connectivity index is 1.56. The van der Waals surface area contributed by atoms with Gasteiger partial charge in [0.25, 0.3) is 0 Å². The highest BCUT2D eigenvalue weighted by Gasteiger charge is 2.51. The molecule has 1 aromatic heterocycles. The molecule has 0 bridgehead atoms. The number of rotatable bonds is 2. The van der Waals surface area contributed by atoms with Crippen LogP contribution < -0.4 is 4.90 Å². The summed E-state index contributed by atoms with van der Waals surface area (Å²) >= 11 is 0. The lowest BCUT2D eigenvalue weighted by Crippen LogP contribution is -2.50. The molecule has 8 heteroatoms. The van der Waals surface area contributed by atoms with Gasteiger partial charge in [-0.25, -0.2) is 4.98 Å². The van der Waals surface area contributed by atoms with Crippen molar-refractivity contribution in [3.63, 3.8) is 0 Å². The largest absolute Gasteiger partial charge is 0.419 e. The zero-order valence-corrected chi connectivity index (χ0v) is 15.2. The van der Waals surface area contributed by atoms with E-state index in [-0.39, 0.29) is 17.8 Å². The molecule has 1 spiro atoms. The molecule has 148 valence electrons. The maximum atomic E-state index is 13.4. The minimum absolute atomic E-state index is 0.0543. The van der Waals surface area contributed by atoms with E-state index in [2.05, 4.69) is 4.98 Å². The smallest absolute Gasteiger partial charge is 0.381 e. The first kappa shape index (κ1) is 18.5. The molecule has 3 saturated heterocycles. The number of alkyl halides is 3. The number of amides is 1. The van der Waals surface area contributed by atoms with Crippen molar-refractivity contribution < 1.29 is 22.7 Å². The fourth-order valence-corrected chi connectivity index (χ4v) is 4.75. The first-order valence-corrected chi connectivity index (χ1v) is 9.57. The second-order valence-corrected chi connectivity index (χ2v) is 7.77. The predicted molar refractivity (Wildman–Crippen MR) is 93.3 cm³/mol. The number of aromatic nitrogens is 1. The van der Waals surface area contributed by atoms with Crippen molar-refractivity contribution in [2.24, 2.45) is 5.41 Å². The summed E-state index contributed by atoms with van der Waals surface area (Å²) in [4.78, 5) is 20.9. The number of hydrogen-bond donors (Lipinski definition) is 0. The van der Waals surface area contributed by atoms with E-state index in [1.54, 1.807) is 4.90 Å². The molecule has 0 aliphatic carbocycles. The van der Waals surface area contributed by atoms with Crippen molar-refractivity contribution in [2.45, 2.75) is 44.3 Å². The Morgan fingerprint density at radius 1 is 1.19 bits per heavy atom. The summed E-state index contributed by atoms with van der Waals surface area (Å²) in [6, 6.07) is 2.57. The number of ether oxygens (including phenoxy) is 1. The number of likely N-dealkylation sites (tertiary alicyclic amines) is 1. The maximum Gasteiger partial charge on any atom is 0.419 e. The maximum absolute atomic E-state index is 13.4. The van der Waals surface area contributed by atoms with Gasteiger partial charge in [0.1, 0.15) is 5.82 Å². The molecule has 1 amide bonds. The molecular formula is C19H24F3N3O2. The summed E-state index contributed by atoms with van der Waals surface area (Å²) in [5.41, 5.74) is -1.31. The quantitative estimate of drug-likeness (QED) is 0.787. The van der Waals surface area contributed by atoms with Crippen molar-refractivity contribution >= 4 is 11.7 Å². The van der Waals surface area contributed by atoms with Crippen molar-refractivity contribution in [1.82, 2.24) is 9.88 Å². The normalized spacial score (nSPS) is 27.6. The van der Waals surface area contributed by atoms with E-state index >= 15 is 0 Å². The van der Waals surface area contributed by atoms with Crippen LogP contribution in [-0.4, -0.2) is 54.7 Å². The Hall–Kier alpha value is -1.83. The van der Waals surface area contributed by atoms with Gasteiger partial charge in [0.2, 0.25) is 5.91 Å². The van der Waals surface area contributed by atoms with E-state index in [0.717, 1.165) is 25.3 Å². The van der Waals surface area contributed by atoms with Crippen LogP contribution in [0, 0.1) is 5.41 Å². The van der Waals surface area contributed by atoms with Gasteiger partial charge in [0.15, 0.2) is 0 Å². The lowest BCUT2D eigenvalue weighted by atomic mass is 9.78. The van der Waals surface area contributed by atoms with Gasteiger partial charge >= 0.3 is 6.18 Å². The Labute approximate surface area is 156 Å². The third-order valence-corrected chi connectivity index (χ3v) is 6.15. The number of pyridine rings is 1. The van der Waals surface area contributed by atoms with Crippen LogP contribution >= 0.6 is 0 Å². The summed E-state index contributed by atoms with van der Waals surface area (Å²) in [5.74, 6) is 0.0463. The van der Waals surface area contributed by atoms with Crippen LogP contribution in [0.5, 0.6) is 0 Å². The first-order valence-electron chi connectivity index (χ1n) is 9.57. The molecule has 0 unspecified atom stereocenters. The summed E-state index contributed by atoms with van der Waals surface area (Å²) in [6.07, 6.45) is 0.734. The number of carbonyl (C=O) groups is 1. The van der Waals surface area contributed by atoms with E-state index in [1.807, 2.05) is 4.90 Å². The van der Waals surface area contributed by atoms with Gasteiger partial charge in [-0.05, 0) is 44.2 Å². The minimum atomic E-state index is -4.46. The fourth-order valence-electron chi connectivity index (χ4n) is 4.75. The molecular weight excluding hydrogens is 359 g/mol. The van der Waals surface area contributed by atoms with Gasteiger partial charge in [-0.2, -0.15) is 13.2 Å². The molecule has 3 aliphatic rings. The van der Waals surface area contributed by atoms with Gasteiger partial charge in [-0.1, -0.05) is 0 Å². The zero-order chi connectivity index (χ0) is 19.1. The molecule has 1 atom stereocenters. The van der Waals surface area contributed by atoms with Crippen LogP contribution in [0.4, 0.5) is 19.0 Å². The average Bonchev–Trinajstić information content (AvgIpc) is 2.98. The van der Waals surface area contributed by atoms with Gasteiger partial charge in [0, 0.05) is 45.1 Å². The molecule has 4 rings (SSSR count). The molecule has 3 aliphatic heterocycles. The van der Waals surface area contributed by atoms with Crippen LogP contribution in [0.3, 0.4) is 0 Å². The summed E-state index contributed by atoms with van der Waals surface area (Å²) in [6.45, 7) is 2.82. The molecule has 0 aromatic carbocycles. The van der Waals surface area contributed by atoms with Crippen LogP contribution in [0.15, 0.2) is 18.3 Å². The van der Waals surface area contributed by atoms with Crippen LogP contribution in [-0.2, 0) is 15.7 Å². The van der Waals surface area contributed by atoms with Crippen LogP contribution in [0.1, 0.15) is 37.7 Å². The van der Waals surface area contributed by atoms with E-state index < -0.39 is 17.2 Å². The molecule has 27 heavy (non-hydrogen) atoms. The number of nitrogens with zero attached hydrogens (tertiary/aromatic N) is 3. The highest BCUT2D eigenvalue weighted by molar-refractivity contribution is 5.86. The Kier molecular flexibility index (Phi) is 4.78. The summed E-state index contributed by atoms with van der Waals surface area (Å²) < 4.78 is 45.6. The van der Waals surface area contributed by atoms with Gasteiger partial charge in [-0.15, -0.1) is 0 Å². The number of hydrogen-bond acceptors (Lipinski definition) is 4. The monoisotopic (exact) mass is 383 g/mol. The van der Waals surface area contributed by atoms with E-state index in [9.17, 15) is 18.0 Å². The topological polar surface area (TPSA) is 45.7 Å². The van der Waals surface area contributed by atoms with Crippen molar-refractivity contribution in [1.29, 1.82) is 0 Å². The van der Waals surface area contributed by atoms with Crippen LogP contribution in [0.25, 0.3) is 0 Å². The molecule has 3 fully saturated rings. The first-order chi connectivity index (χ1) is 12.9. The lowest BCUT2D eigenvalue weighted by molar-refractivity contribution is -0.139. The molecule has 0 N–H and O–H groups in total. The second-order valence-electron chi connectivity index (χ2n) is 7.77. The van der Waals surface area contributed by atoms with E-state index in [4.69, 9.17) is 4.74 Å². The van der Waals surface area contributed by atoms with Gasteiger partial charge in [0.05, 0.1) is 11.0 Å². The predicted octanol–water partition coefficient (Wildman–Crippen LogP) is 3.10. The highest BCUT2D eigenvalue weighted by Crippen LogP contribution is 2.44. The highest BCUT2D eigenvalue weighted by atomic mass is 19.4.